The molecule has 0 amide bonds. The number of hydrogen-bond donors (Lipinski definition) is 1. The Morgan fingerprint density at radius 3 is 2.42 bits per heavy atom. The summed E-state index contributed by atoms with van der Waals surface area (Å²) >= 11 is 0. The third kappa shape index (κ3) is 4.78. The van der Waals surface area contributed by atoms with Crippen LogP contribution in [-0.4, -0.2) is 40.7 Å². The highest BCUT2D eigenvalue weighted by atomic mass is 32.2. The lowest BCUT2D eigenvalue weighted by Gasteiger charge is -2.46. The summed E-state index contributed by atoms with van der Waals surface area (Å²) in [4.78, 5) is 0.344. The zero-order chi connectivity index (χ0) is 28.1. The Bertz CT molecular complexity index is 1680. The smallest absolute Gasteiger partial charge is 0.243 e. The molecule has 1 saturated heterocycles. The predicted octanol–water partition coefficient (Wildman–Crippen LogP) is 6.14. The van der Waals surface area contributed by atoms with Crippen LogP contribution in [0.15, 0.2) is 95.5 Å². The molecule has 3 aromatic carbocycles. The molecule has 0 radical (unpaired) electrons. The van der Waals surface area contributed by atoms with Crippen LogP contribution in [0.2, 0.25) is 0 Å². The molecule has 1 aromatic heterocycles. The highest BCUT2D eigenvalue weighted by molar-refractivity contribution is 7.89. The Morgan fingerprint density at radius 1 is 0.975 bits per heavy atom. The highest BCUT2D eigenvalue weighted by Gasteiger charge is 2.46. The van der Waals surface area contributed by atoms with Crippen LogP contribution in [0.3, 0.4) is 0 Å². The number of aromatic nitrogens is 2. The molecule has 1 atom stereocenters. The SMILES string of the molecule is CC(C)(C)c1ccc(S(=O)(=O)N2CCC3=Cc4c(cnn4-c4cccc(O)c4)CC3(Cc3ccccc3)C2)cc1. The molecule has 40 heavy (non-hydrogen) atoms. The summed E-state index contributed by atoms with van der Waals surface area (Å²) in [5.74, 6) is 0.192. The van der Waals surface area contributed by atoms with Gasteiger partial charge >= 0.3 is 0 Å². The van der Waals surface area contributed by atoms with E-state index >= 15 is 0 Å². The van der Waals surface area contributed by atoms with Crippen molar-refractivity contribution >= 4 is 16.1 Å². The third-order valence-corrected chi connectivity index (χ3v) is 10.2. The molecule has 0 bridgehead atoms. The molecule has 1 fully saturated rings. The van der Waals surface area contributed by atoms with Crippen molar-refractivity contribution in [1.82, 2.24) is 14.1 Å². The van der Waals surface area contributed by atoms with Crippen LogP contribution in [0.4, 0.5) is 0 Å². The predicted molar refractivity (Wildman–Crippen MR) is 158 cm³/mol. The Hall–Kier alpha value is -3.68. The summed E-state index contributed by atoms with van der Waals surface area (Å²) in [5.41, 5.74) is 6.00. The van der Waals surface area contributed by atoms with Gasteiger partial charge in [-0.1, -0.05) is 74.9 Å². The fourth-order valence-electron chi connectivity index (χ4n) is 6.16. The van der Waals surface area contributed by atoms with Gasteiger partial charge in [0.15, 0.2) is 0 Å². The van der Waals surface area contributed by atoms with Gasteiger partial charge in [-0.15, -0.1) is 0 Å². The summed E-state index contributed by atoms with van der Waals surface area (Å²) in [6.45, 7) is 7.22. The van der Waals surface area contributed by atoms with E-state index < -0.39 is 10.0 Å². The van der Waals surface area contributed by atoms with Crippen LogP contribution >= 0.6 is 0 Å². The number of phenolic OH excluding ortho intramolecular Hbond substituents is 1. The fourth-order valence-corrected chi connectivity index (χ4v) is 7.69. The number of aromatic hydroxyl groups is 1. The molecule has 1 aliphatic carbocycles. The summed E-state index contributed by atoms with van der Waals surface area (Å²) in [6.07, 6.45) is 6.18. The number of rotatable bonds is 5. The molecule has 6 nitrogen and oxygen atoms in total. The maximum Gasteiger partial charge on any atom is 0.243 e. The van der Waals surface area contributed by atoms with Gasteiger partial charge in [-0.05, 0) is 71.7 Å². The molecular formula is C33H35N3O3S. The molecule has 6 rings (SSSR count). The van der Waals surface area contributed by atoms with Crippen molar-refractivity contribution in [2.75, 3.05) is 13.1 Å². The first kappa shape index (κ1) is 26.5. The van der Waals surface area contributed by atoms with Crippen molar-refractivity contribution in [3.05, 3.63) is 113 Å². The molecule has 0 saturated carbocycles. The molecule has 2 heterocycles. The van der Waals surface area contributed by atoms with Gasteiger partial charge in [0.1, 0.15) is 5.75 Å². The number of benzene rings is 3. The van der Waals surface area contributed by atoms with Gasteiger partial charge < -0.3 is 5.11 Å². The minimum Gasteiger partial charge on any atom is -0.508 e. The molecule has 7 heteroatoms. The van der Waals surface area contributed by atoms with Crippen molar-refractivity contribution in [2.24, 2.45) is 5.41 Å². The molecule has 1 unspecified atom stereocenters. The van der Waals surface area contributed by atoms with Gasteiger partial charge in [-0.2, -0.15) is 9.40 Å². The number of piperidine rings is 1. The molecule has 0 spiro atoms. The molecular weight excluding hydrogens is 518 g/mol. The monoisotopic (exact) mass is 553 g/mol. The normalized spacial score (nSPS) is 19.5. The van der Waals surface area contributed by atoms with Crippen LogP contribution in [0.25, 0.3) is 11.8 Å². The average Bonchev–Trinajstić information content (AvgIpc) is 3.33. The second kappa shape index (κ2) is 9.75. The van der Waals surface area contributed by atoms with Gasteiger partial charge in [0, 0.05) is 24.6 Å². The second-order valence-corrected chi connectivity index (χ2v) is 14.1. The number of nitrogens with zero attached hydrogens (tertiary/aromatic N) is 3. The molecule has 1 aliphatic heterocycles. The van der Waals surface area contributed by atoms with E-state index in [0.717, 1.165) is 28.9 Å². The summed E-state index contributed by atoms with van der Waals surface area (Å²) in [5, 5.41) is 14.7. The summed E-state index contributed by atoms with van der Waals surface area (Å²) < 4.78 is 31.5. The Kier molecular flexibility index (Phi) is 6.47. The summed E-state index contributed by atoms with van der Waals surface area (Å²) in [6, 6.07) is 24.8. The van der Waals surface area contributed by atoms with Crippen molar-refractivity contribution in [3.63, 3.8) is 0 Å². The van der Waals surface area contributed by atoms with E-state index in [1.807, 2.05) is 53.3 Å². The Balaban J connectivity index is 1.38. The van der Waals surface area contributed by atoms with E-state index in [0.29, 0.717) is 30.8 Å². The standard InChI is InChI=1S/C33H35N3O3S/c1-32(2,3)26-12-14-30(15-13-26)40(38,39)35-17-16-27-18-31-25(22-34-36(31)28-10-7-11-29(37)19-28)21-33(27,23-35)20-24-8-5-4-6-9-24/h4-15,18-19,22,37H,16-17,20-21,23H2,1-3H3. The van der Waals surface area contributed by atoms with Crippen LogP contribution in [0.1, 0.15) is 49.6 Å². The van der Waals surface area contributed by atoms with Crippen molar-refractivity contribution < 1.29 is 13.5 Å². The van der Waals surface area contributed by atoms with Crippen LogP contribution in [-0.2, 0) is 28.3 Å². The minimum absolute atomic E-state index is 0.0460. The van der Waals surface area contributed by atoms with E-state index in [-0.39, 0.29) is 16.6 Å². The zero-order valence-corrected chi connectivity index (χ0v) is 24.0. The molecule has 4 aromatic rings. The van der Waals surface area contributed by atoms with E-state index in [1.165, 1.54) is 11.1 Å². The lowest BCUT2D eigenvalue weighted by Crippen LogP contribution is -2.50. The molecule has 2 aliphatic rings. The Morgan fingerprint density at radius 2 is 1.73 bits per heavy atom. The van der Waals surface area contributed by atoms with E-state index in [2.05, 4.69) is 44.1 Å². The number of sulfonamides is 1. The van der Waals surface area contributed by atoms with Crippen molar-refractivity contribution in [1.29, 1.82) is 0 Å². The van der Waals surface area contributed by atoms with Gasteiger partial charge in [-0.3, -0.25) is 0 Å². The third-order valence-electron chi connectivity index (χ3n) is 8.33. The van der Waals surface area contributed by atoms with Crippen LogP contribution in [0.5, 0.6) is 5.75 Å². The fraction of sp³-hybridized carbons (Fsp3) is 0.303. The highest BCUT2D eigenvalue weighted by Crippen LogP contribution is 2.47. The van der Waals surface area contributed by atoms with Gasteiger partial charge in [-0.25, -0.2) is 13.1 Å². The molecule has 206 valence electrons. The summed E-state index contributed by atoms with van der Waals surface area (Å²) in [7, 11) is -3.67. The van der Waals surface area contributed by atoms with Crippen LogP contribution < -0.4 is 0 Å². The number of hydrogen-bond acceptors (Lipinski definition) is 4. The first-order chi connectivity index (χ1) is 19.0. The van der Waals surface area contributed by atoms with E-state index in [9.17, 15) is 13.5 Å². The number of fused-ring (bicyclic) bond motifs is 2. The topological polar surface area (TPSA) is 75.4 Å². The number of phenols is 1. The zero-order valence-electron chi connectivity index (χ0n) is 23.2. The van der Waals surface area contributed by atoms with Crippen molar-refractivity contribution in [2.45, 2.75) is 50.3 Å². The maximum atomic E-state index is 14.0. The first-order valence-corrected chi connectivity index (χ1v) is 15.2. The largest absolute Gasteiger partial charge is 0.508 e. The Labute approximate surface area is 236 Å². The minimum atomic E-state index is -3.67. The van der Waals surface area contributed by atoms with Gasteiger partial charge in [0.25, 0.3) is 0 Å². The van der Waals surface area contributed by atoms with E-state index in [1.54, 1.807) is 28.6 Å². The average molecular weight is 554 g/mol. The second-order valence-electron chi connectivity index (χ2n) is 12.1. The van der Waals surface area contributed by atoms with Gasteiger partial charge in [0.05, 0.1) is 22.5 Å². The molecule has 1 N–H and O–H groups in total. The maximum absolute atomic E-state index is 14.0. The van der Waals surface area contributed by atoms with Gasteiger partial charge in [0.2, 0.25) is 10.0 Å². The first-order valence-electron chi connectivity index (χ1n) is 13.8. The lowest BCUT2D eigenvalue weighted by molar-refractivity contribution is 0.209. The van der Waals surface area contributed by atoms with Crippen molar-refractivity contribution in [3.8, 4) is 11.4 Å². The quantitative estimate of drug-likeness (QED) is 0.322. The lowest BCUT2D eigenvalue weighted by atomic mass is 9.66. The van der Waals surface area contributed by atoms with E-state index in [4.69, 9.17) is 0 Å². The van der Waals surface area contributed by atoms with Crippen LogP contribution in [0, 0.1) is 5.41 Å².